The summed E-state index contributed by atoms with van der Waals surface area (Å²) >= 11 is 0. The molecule has 2 aromatic rings. The normalized spacial score (nSPS) is 11.5. The van der Waals surface area contributed by atoms with E-state index in [4.69, 9.17) is 14.2 Å². The first kappa shape index (κ1) is 18.6. The molecule has 5 nitrogen and oxygen atoms in total. The van der Waals surface area contributed by atoms with E-state index in [1.54, 1.807) is 13.2 Å². The molecule has 134 valence electrons. The van der Waals surface area contributed by atoms with Gasteiger partial charge in [-0.2, -0.15) is 0 Å². The van der Waals surface area contributed by atoms with E-state index in [9.17, 15) is 4.79 Å². The Bertz CT molecular complexity index is 670. The molecule has 1 atom stereocenters. The van der Waals surface area contributed by atoms with Gasteiger partial charge in [0, 0.05) is 12.6 Å². The van der Waals surface area contributed by atoms with E-state index in [-0.39, 0.29) is 5.91 Å². The van der Waals surface area contributed by atoms with Crippen molar-refractivity contribution in [3.05, 3.63) is 54.1 Å². The molecule has 2 rings (SSSR count). The summed E-state index contributed by atoms with van der Waals surface area (Å²) in [6, 6.07) is 14.9. The SMILES string of the molecule is CCOc1ccc(CNC(=O)[C@@H](CC)Oc2cccc(OC)c2)cc1. The summed E-state index contributed by atoms with van der Waals surface area (Å²) in [6.07, 6.45) is 0.0292. The van der Waals surface area contributed by atoms with Gasteiger partial charge in [-0.05, 0) is 43.2 Å². The van der Waals surface area contributed by atoms with Crippen LogP contribution in [0.25, 0.3) is 0 Å². The van der Waals surface area contributed by atoms with E-state index in [1.165, 1.54) is 0 Å². The van der Waals surface area contributed by atoms with Gasteiger partial charge in [0.1, 0.15) is 17.2 Å². The van der Waals surface area contributed by atoms with Gasteiger partial charge in [-0.3, -0.25) is 4.79 Å². The highest BCUT2D eigenvalue weighted by atomic mass is 16.5. The molecular weight excluding hydrogens is 318 g/mol. The summed E-state index contributed by atoms with van der Waals surface area (Å²) in [5, 5.41) is 2.91. The minimum atomic E-state index is -0.546. The third kappa shape index (κ3) is 5.71. The lowest BCUT2D eigenvalue weighted by Crippen LogP contribution is -2.37. The highest BCUT2D eigenvalue weighted by Crippen LogP contribution is 2.20. The number of carbonyl (C=O) groups excluding carboxylic acids is 1. The fraction of sp³-hybridized carbons (Fsp3) is 0.350. The summed E-state index contributed by atoms with van der Waals surface area (Å²) in [6.45, 7) is 4.95. The lowest BCUT2D eigenvalue weighted by Gasteiger charge is -2.17. The van der Waals surface area contributed by atoms with Crippen molar-refractivity contribution in [1.82, 2.24) is 5.32 Å². The topological polar surface area (TPSA) is 56.8 Å². The van der Waals surface area contributed by atoms with Crippen LogP contribution in [0.3, 0.4) is 0 Å². The van der Waals surface area contributed by atoms with Crippen LogP contribution in [0, 0.1) is 0 Å². The maximum Gasteiger partial charge on any atom is 0.261 e. The van der Waals surface area contributed by atoms with Gasteiger partial charge in [0.15, 0.2) is 6.10 Å². The van der Waals surface area contributed by atoms with Gasteiger partial charge in [-0.15, -0.1) is 0 Å². The van der Waals surface area contributed by atoms with E-state index in [1.807, 2.05) is 56.3 Å². The van der Waals surface area contributed by atoms with E-state index >= 15 is 0 Å². The summed E-state index contributed by atoms with van der Waals surface area (Å²) < 4.78 is 16.4. The van der Waals surface area contributed by atoms with Gasteiger partial charge in [-0.25, -0.2) is 0 Å². The molecule has 1 N–H and O–H groups in total. The molecule has 5 heteroatoms. The van der Waals surface area contributed by atoms with E-state index < -0.39 is 6.10 Å². The van der Waals surface area contributed by atoms with Crippen molar-refractivity contribution < 1.29 is 19.0 Å². The maximum absolute atomic E-state index is 12.4. The van der Waals surface area contributed by atoms with Gasteiger partial charge in [0.25, 0.3) is 5.91 Å². The summed E-state index contributed by atoms with van der Waals surface area (Å²) in [7, 11) is 1.60. The number of rotatable bonds is 9. The van der Waals surface area contributed by atoms with Gasteiger partial charge < -0.3 is 19.5 Å². The van der Waals surface area contributed by atoms with Crippen molar-refractivity contribution in [2.45, 2.75) is 32.9 Å². The molecule has 0 spiro atoms. The van der Waals surface area contributed by atoms with Gasteiger partial charge >= 0.3 is 0 Å². The minimum absolute atomic E-state index is 0.140. The van der Waals surface area contributed by atoms with Crippen molar-refractivity contribution in [3.63, 3.8) is 0 Å². The molecule has 1 amide bonds. The largest absolute Gasteiger partial charge is 0.497 e. The molecule has 0 saturated carbocycles. The number of hydrogen-bond donors (Lipinski definition) is 1. The second kappa shape index (κ2) is 9.57. The van der Waals surface area contributed by atoms with Crippen molar-refractivity contribution in [2.75, 3.05) is 13.7 Å². The third-order valence-corrected chi connectivity index (χ3v) is 3.68. The number of nitrogens with one attached hydrogen (secondary N) is 1. The molecule has 0 aromatic heterocycles. The number of benzene rings is 2. The number of methoxy groups -OCH3 is 1. The highest BCUT2D eigenvalue weighted by Gasteiger charge is 2.18. The molecule has 0 fully saturated rings. The number of hydrogen-bond acceptors (Lipinski definition) is 4. The summed E-state index contributed by atoms with van der Waals surface area (Å²) in [4.78, 5) is 12.4. The van der Waals surface area contributed by atoms with Crippen molar-refractivity contribution >= 4 is 5.91 Å². The first-order chi connectivity index (χ1) is 12.2. The lowest BCUT2D eigenvalue weighted by atomic mass is 10.2. The summed E-state index contributed by atoms with van der Waals surface area (Å²) in [5.74, 6) is 1.99. The van der Waals surface area contributed by atoms with Crippen LogP contribution in [-0.4, -0.2) is 25.7 Å². The zero-order valence-corrected chi connectivity index (χ0v) is 15.0. The van der Waals surface area contributed by atoms with Crippen molar-refractivity contribution in [1.29, 1.82) is 0 Å². The number of carbonyl (C=O) groups is 1. The third-order valence-electron chi connectivity index (χ3n) is 3.68. The minimum Gasteiger partial charge on any atom is -0.497 e. The quantitative estimate of drug-likeness (QED) is 0.756. The molecular formula is C20H25NO4. The van der Waals surface area contributed by atoms with Crippen LogP contribution in [0.4, 0.5) is 0 Å². The maximum atomic E-state index is 12.4. The monoisotopic (exact) mass is 343 g/mol. The van der Waals surface area contributed by atoms with Crippen molar-refractivity contribution in [2.24, 2.45) is 0 Å². The summed E-state index contributed by atoms with van der Waals surface area (Å²) in [5.41, 5.74) is 1.01. The number of ether oxygens (including phenoxy) is 3. The van der Waals surface area contributed by atoms with Crippen LogP contribution in [0.15, 0.2) is 48.5 Å². The van der Waals surface area contributed by atoms with Crippen LogP contribution < -0.4 is 19.5 Å². The molecule has 0 saturated heterocycles. The Morgan fingerprint density at radius 2 is 1.76 bits per heavy atom. The average molecular weight is 343 g/mol. The van der Waals surface area contributed by atoms with Gasteiger partial charge in [0.05, 0.1) is 13.7 Å². The van der Waals surface area contributed by atoms with Crippen LogP contribution in [0.2, 0.25) is 0 Å². The van der Waals surface area contributed by atoms with E-state index in [0.29, 0.717) is 31.1 Å². The van der Waals surface area contributed by atoms with Crippen LogP contribution in [0.1, 0.15) is 25.8 Å². The average Bonchev–Trinajstić information content (AvgIpc) is 2.65. The first-order valence-electron chi connectivity index (χ1n) is 8.46. The zero-order valence-electron chi connectivity index (χ0n) is 15.0. The second-order valence-corrected chi connectivity index (χ2v) is 5.49. The van der Waals surface area contributed by atoms with E-state index in [2.05, 4.69) is 5.32 Å². The fourth-order valence-electron chi connectivity index (χ4n) is 2.33. The zero-order chi connectivity index (χ0) is 18.1. The molecule has 0 bridgehead atoms. The van der Waals surface area contributed by atoms with Crippen LogP contribution >= 0.6 is 0 Å². The predicted molar refractivity (Wildman–Crippen MR) is 97.2 cm³/mol. The van der Waals surface area contributed by atoms with Crippen LogP contribution in [0.5, 0.6) is 17.2 Å². The first-order valence-corrected chi connectivity index (χ1v) is 8.46. The smallest absolute Gasteiger partial charge is 0.261 e. The van der Waals surface area contributed by atoms with Crippen molar-refractivity contribution in [3.8, 4) is 17.2 Å². The molecule has 0 aliphatic carbocycles. The Kier molecular flexibility index (Phi) is 7.14. The van der Waals surface area contributed by atoms with Gasteiger partial charge in [0.2, 0.25) is 0 Å². The molecule has 0 unspecified atom stereocenters. The fourth-order valence-corrected chi connectivity index (χ4v) is 2.33. The molecule has 0 aliphatic rings. The van der Waals surface area contributed by atoms with Gasteiger partial charge in [-0.1, -0.05) is 25.1 Å². The molecule has 0 radical (unpaired) electrons. The Labute approximate surface area is 148 Å². The molecule has 25 heavy (non-hydrogen) atoms. The molecule has 0 aliphatic heterocycles. The Balaban J connectivity index is 1.90. The molecule has 0 heterocycles. The predicted octanol–water partition coefficient (Wildman–Crippen LogP) is 3.57. The standard InChI is InChI=1S/C20H25NO4/c1-4-19(25-18-8-6-7-17(13-18)23-3)20(22)21-14-15-9-11-16(12-10-15)24-5-2/h6-13,19H,4-5,14H2,1-3H3,(H,21,22)/t19-/m1/s1. The highest BCUT2D eigenvalue weighted by molar-refractivity contribution is 5.81. The number of amides is 1. The lowest BCUT2D eigenvalue weighted by molar-refractivity contribution is -0.128. The Morgan fingerprint density at radius 1 is 1.04 bits per heavy atom. The Morgan fingerprint density at radius 3 is 2.40 bits per heavy atom. The second-order valence-electron chi connectivity index (χ2n) is 5.49. The van der Waals surface area contributed by atoms with E-state index in [0.717, 1.165) is 11.3 Å². The Hall–Kier alpha value is -2.69. The molecule has 2 aromatic carbocycles. The van der Waals surface area contributed by atoms with Crippen LogP contribution in [-0.2, 0) is 11.3 Å².